The molecular weight excluding hydrogens is 437 g/mol. The lowest BCUT2D eigenvalue weighted by molar-refractivity contribution is -0.274. The lowest BCUT2D eigenvalue weighted by Crippen LogP contribution is -2.50. The summed E-state index contributed by atoms with van der Waals surface area (Å²) in [5.74, 6) is -0.817. The number of hydrogen-bond acceptors (Lipinski definition) is 5. The topological polar surface area (TPSA) is 78.9 Å². The van der Waals surface area contributed by atoms with Crippen molar-refractivity contribution in [1.29, 1.82) is 0 Å². The van der Waals surface area contributed by atoms with Crippen molar-refractivity contribution in [3.05, 3.63) is 29.8 Å². The highest BCUT2D eigenvalue weighted by molar-refractivity contribution is 5.79. The number of aliphatic hydroxyl groups is 1. The van der Waals surface area contributed by atoms with Crippen LogP contribution in [0.15, 0.2) is 24.3 Å². The largest absolute Gasteiger partial charge is 0.573 e. The van der Waals surface area contributed by atoms with Crippen LogP contribution in [-0.4, -0.2) is 58.8 Å². The van der Waals surface area contributed by atoms with E-state index in [1.807, 2.05) is 0 Å². The zero-order valence-corrected chi connectivity index (χ0v) is 19.2. The Morgan fingerprint density at radius 1 is 1.12 bits per heavy atom. The van der Waals surface area contributed by atoms with Crippen molar-refractivity contribution in [1.82, 2.24) is 10.2 Å². The maximum absolute atomic E-state index is 12.8. The molecule has 6 nitrogen and oxygen atoms in total. The maximum atomic E-state index is 12.8. The zero-order chi connectivity index (χ0) is 24.3. The highest BCUT2D eigenvalue weighted by atomic mass is 19.4. The normalized spacial score (nSPS) is 27.4. The first-order chi connectivity index (χ1) is 15.4. The molecule has 33 heavy (non-hydrogen) atoms. The molecular formula is C24H33F3N2O4. The van der Waals surface area contributed by atoms with Crippen molar-refractivity contribution in [3.63, 3.8) is 0 Å². The third kappa shape index (κ3) is 6.26. The Kier molecular flexibility index (Phi) is 7.73. The number of ether oxygens (including phenoxy) is 1. The summed E-state index contributed by atoms with van der Waals surface area (Å²) >= 11 is 0. The van der Waals surface area contributed by atoms with Gasteiger partial charge in [0.1, 0.15) is 11.5 Å². The van der Waals surface area contributed by atoms with Gasteiger partial charge in [-0.3, -0.25) is 4.79 Å². The Hall–Kier alpha value is -2.13. The number of nitrogens with one attached hydrogen (secondary N) is 1. The van der Waals surface area contributed by atoms with Gasteiger partial charge in [-0.05, 0) is 70.3 Å². The van der Waals surface area contributed by atoms with Crippen LogP contribution >= 0.6 is 0 Å². The van der Waals surface area contributed by atoms with E-state index in [4.69, 9.17) is 0 Å². The van der Waals surface area contributed by atoms with Crippen LogP contribution in [0.25, 0.3) is 0 Å². The smallest absolute Gasteiger partial charge is 0.406 e. The first-order valence-electron chi connectivity index (χ1n) is 11.6. The number of rotatable bonds is 11. The van der Waals surface area contributed by atoms with Crippen LogP contribution in [0, 0.1) is 0 Å². The van der Waals surface area contributed by atoms with Gasteiger partial charge in [0.05, 0.1) is 11.1 Å². The quantitative estimate of drug-likeness (QED) is 0.480. The average molecular weight is 471 g/mol. The molecule has 2 aliphatic rings. The first kappa shape index (κ1) is 25.5. The minimum atomic E-state index is -4.77. The molecule has 2 unspecified atom stereocenters. The SMILES string of the molecule is CC(=O)CCCCCC(=O)NC1(CN2CCCC2)[C@H](c2ccc(OC(F)(F)F)cc2)C1(C)O. The molecule has 1 heterocycles. The number of Topliss-reactive ketones (excluding diaryl/α,β-unsaturated/α-hetero) is 1. The van der Waals surface area contributed by atoms with Crippen LogP contribution in [-0.2, 0) is 9.59 Å². The number of carbonyl (C=O) groups excluding carboxylic acids is 2. The molecule has 1 amide bonds. The number of amides is 1. The van der Waals surface area contributed by atoms with Crippen LogP contribution in [0.1, 0.15) is 70.3 Å². The molecule has 0 bridgehead atoms. The Bertz CT molecular complexity index is 835. The highest BCUT2D eigenvalue weighted by Gasteiger charge is 2.75. The van der Waals surface area contributed by atoms with E-state index in [9.17, 15) is 27.9 Å². The van der Waals surface area contributed by atoms with E-state index in [1.165, 1.54) is 24.3 Å². The lowest BCUT2D eigenvalue weighted by atomic mass is 10.0. The summed E-state index contributed by atoms with van der Waals surface area (Å²) in [6.45, 7) is 5.45. The van der Waals surface area contributed by atoms with E-state index < -0.39 is 23.4 Å². The number of halogens is 3. The van der Waals surface area contributed by atoms with E-state index in [2.05, 4.69) is 15.0 Å². The van der Waals surface area contributed by atoms with Crippen LogP contribution < -0.4 is 10.1 Å². The van der Waals surface area contributed by atoms with Gasteiger partial charge in [0.25, 0.3) is 0 Å². The predicted octanol–water partition coefficient (Wildman–Crippen LogP) is 3.92. The molecule has 9 heteroatoms. The van der Waals surface area contributed by atoms with Crippen molar-refractivity contribution in [3.8, 4) is 5.75 Å². The first-order valence-corrected chi connectivity index (χ1v) is 11.6. The zero-order valence-electron chi connectivity index (χ0n) is 19.2. The number of hydrogen-bond donors (Lipinski definition) is 2. The van der Waals surface area contributed by atoms with Crippen LogP contribution in [0.5, 0.6) is 5.75 Å². The second-order valence-electron chi connectivity index (χ2n) is 9.46. The molecule has 1 aromatic carbocycles. The van der Waals surface area contributed by atoms with Crippen molar-refractivity contribution < 1.29 is 32.6 Å². The molecule has 184 valence electrons. The Morgan fingerprint density at radius 3 is 2.30 bits per heavy atom. The van der Waals surface area contributed by atoms with E-state index in [0.717, 1.165) is 38.8 Å². The summed E-state index contributed by atoms with van der Waals surface area (Å²) < 4.78 is 41.4. The molecule has 0 spiro atoms. The van der Waals surface area contributed by atoms with Gasteiger partial charge in [-0.1, -0.05) is 18.6 Å². The molecule has 1 saturated carbocycles. The highest BCUT2D eigenvalue weighted by Crippen LogP contribution is 2.61. The number of ketones is 1. The second kappa shape index (κ2) is 10.0. The standard InChI is InChI=1S/C24H33F3N2O4/c1-17(30)8-4-3-5-9-20(31)28-23(16-29-14-6-7-15-29)21(22(23,2)32)18-10-12-19(13-11-18)33-24(25,26)27/h10-13,21,32H,3-9,14-16H2,1-2H3,(H,28,31)/t21-,22?,23?/m1/s1. The minimum Gasteiger partial charge on any atom is -0.406 e. The van der Waals surface area contributed by atoms with E-state index in [0.29, 0.717) is 31.4 Å². The summed E-state index contributed by atoms with van der Waals surface area (Å²) in [5, 5.41) is 14.4. The lowest BCUT2D eigenvalue weighted by Gasteiger charge is -2.27. The fourth-order valence-electron chi connectivity index (χ4n) is 5.08. The van der Waals surface area contributed by atoms with Crippen LogP contribution in [0.4, 0.5) is 13.2 Å². The number of benzene rings is 1. The van der Waals surface area contributed by atoms with Gasteiger partial charge in [0.2, 0.25) is 5.91 Å². The number of unbranched alkanes of at least 4 members (excludes halogenated alkanes) is 2. The molecule has 2 N–H and O–H groups in total. The summed E-state index contributed by atoms with van der Waals surface area (Å²) in [6, 6.07) is 5.49. The Labute approximate surface area is 192 Å². The minimum absolute atomic E-state index is 0.132. The summed E-state index contributed by atoms with van der Waals surface area (Å²) in [7, 11) is 0. The number of nitrogens with zero attached hydrogens (tertiary/aromatic N) is 1. The summed E-state index contributed by atoms with van der Waals surface area (Å²) in [5.41, 5.74) is -1.51. The van der Waals surface area contributed by atoms with Gasteiger partial charge in [-0.15, -0.1) is 13.2 Å². The molecule has 3 atom stereocenters. The van der Waals surface area contributed by atoms with E-state index in [-0.39, 0.29) is 17.4 Å². The van der Waals surface area contributed by atoms with Crippen molar-refractivity contribution in [2.45, 2.75) is 82.2 Å². The molecule has 1 aromatic rings. The number of carbonyl (C=O) groups is 2. The molecule has 0 aromatic heterocycles. The third-order valence-corrected chi connectivity index (χ3v) is 6.79. The summed E-state index contributed by atoms with van der Waals surface area (Å²) in [6.07, 6.45) is 0.291. The van der Waals surface area contributed by atoms with Gasteiger partial charge in [0, 0.05) is 25.3 Å². The number of alkyl halides is 3. The van der Waals surface area contributed by atoms with Gasteiger partial charge in [-0.25, -0.2) is 0 Å². The molecule has 1 aliphatic heterocycles. The second-order valence-corrected chi connectivity index (χ2v) is 9.46. The monoisotopic (exact) mass is 470 g/mol. The third-order valence-electron chi connectivity index (χ3n) is 6.79. The predicted molar refractivity (Wildman–Crippen MR) is 117 cm³/mol. The molecule has 1 saturated heterocycles. The average Bonchev–Trinajstić information content (AvgIpc) is 3.00. The molecule has 0 radical (unpaired) electrons. The molecule has 1 aliphatic carbocycles. The van der Waals surface area contributed by atoms with E-state index >= 15 is 0 Å². The fraction of sp³-hybridized carbons (Fsp3) is 0.667. The van der Waals surface area contributed by atoms with Gasteiger partial charge >= 0.3 is 6.36 Å². The van der Waals surface area contributed by atoms with Crippen molar-refractivity contribution in [2.24, 2.45) is 0 Å². The van der Waals surface area contributed by atoms with Crippen LogP contribution in [0.2, 0.25) is 0 Å². The van der Waals surface area contributed by atoms with Gasteiger partial charge in [-0.2, -0.15) is 0 Å². The van der Waals surface area contributed by atoms with Gasteiger partial charge < -0.3 is 24.9 Å². The summed E-state index contributed by atoms with van der Waals surface area (Å²) in [4.78, 5) is 26.1. The molecule has 2 fully saturated rings. The Balaban J connectivity index is 1.71. The fourth-order valence-corrected chi connectivity index (χ4v) is 5.08. The Morgan fingerprint density at radius 2 is 1.73 bits per heavy atom. The van der Waals surface area contributed by atoms with E-state index in [1.54, 1.807) is 13.8 Å². The van der Waals surface area contributed by atoms with Crippen molar-refractivity contribution in [2.75, 3.05) is 19.6 Å². The van der Waals surface area contributed by atoms with Crippen LogP contribution in [0.3, 0.4) is 0 Å². The van der Waals surface area contributed by atoms with Crippen molar-refractivity contribution >= 4 is 11.7 Å². The van der Waals surface area contributed by atoms with Gasteiger partial charge in [0.15, 0.2) is 0 Å². The number of likely N-dealkylation sites (tertiary alicyclic amines) is 1. The molecule has 3 rings (SSSR count). The maximum Gasteiger partial charge on any atom is 0.573 e.